The van der Waals surface area contributed by atoms with Crippen molar-refractivity contribution in [3.05, 3.63) is 57.8 Å². The minimum Gasteiger partial charge on any atom is -0.376 e. The van der Waals surface area contributed by atoms with Gasteiger partial charge in [-0.05, 0) is 37.1 Å². The summed E-state index contributed by atoms with van der Waals surface area (Å²) in [5, 5.41) is 6.27. The maximum Gasteiger partial charge on any atom is 0.257 e. The number of pyridine rings is 1. The molecule has 2 amide bonds. The van der Waals surface area contributed by atoms with E-state index in [0.717, 1.165) is 19.4 Å². The number of carbonyl (C=O) groups excluding carboxylic acids is 2. The molecule has 2 heterocycles. The summed E-state index contributed by atoms with van der Waals surface area (Å²) in [6.45, 7) is 1.17. The van der Waals surface area contributed by atoms with Crippen molar-refractivity contribution >= 4 is 40.7 Å². The fourth-order valence-electron chi connectivity index (χ4n) is 2.59. The number of amides is 2. The van der Waals surface area contributed by atoms with Crippen LogP contribution in [0, 0.1) is 0 Å². The third kappa shape index (κ3) is 4.72. The minimum absolute atomic E-state index is 0.0467. The number of benzene rings is 1. The van der Waals surface area contributed by atoms with Gasteiger partial charge in [0.15, 0.2) is 0 Å². The van der Waals surface area contributed by atoms with Crippen molar-refractivity contribution in [1.29, 1.82) is 0 Å². The molecule has 3 rings (SSSR count). The van der Waals surface area contributed by atoms with E-state index in [1.807, 2.05) is 0 Å². The molecular weight excluding hydrogens is 377 g/mol. The average Bonchev–Trinajstić information content (AvgIpc) is 3.15. The summed E-state index contributed by atoms with van der Waals surface area (Å²) in [4.78, 5) is 28.6. The molecule has 6 nitrogen and oxygen atoms in total. The van der Waals surface area contributed by atoms with Gasteiger partial charge in [-0.1, -0.05) is 23.2 Å². The maximum absolute atomic E-state index is 12.4. The number of carbonyl (C=O) groups is 2. The summed E-state index contributed by atoms with van der Waals surface area (Å²) < 4.78 is 5.47. The van der Waals surface area contributed by atoms with E-state index < -0.39 is 5.91 Å². The smallest absolute Gasteiger partial charge is 0.257 e. The number of nitrogens with zero attached hydrogens (tertiary/aromatic N) is 1. The van der Waals surface area contributed by atoms with Crippen LogP contribution in [0.15, 0.2) is 36.7 Å². The van der Waals surface area contributed by atoms with Crippen LogP contribution in [0.25, 0.3) is 0 Å². The molecule has 0 spiro atoms. The lowest BCUT2D eigenvalue weighted by atomic mass is 10.1. The lowest BCUT2D eigenvalue weighted by Crippen LogP contribution is -2.32. The summed E-state index contributed by atoms with van der Waals surface area (Å²) in [7, 11) is 0. The zero-order valence-electron chi connectivity index (χ0n) is 13.8. The molecule has 136 valence electrons. The van der Waals surface area contributed by atoms with Gasteiger partial charge in [-0.2, -0.15) is 0 Å². The average molecular weight is 394 g/mol. The first kappa shape index (κ1) is 18.6. The van der Waals surface area contributed by atoms with Crippen LogP contribution in [-0.2, 0) is 4.74 Å². The zero-order chi connectivity index (χ0) is 18.5. The molecule has 0 aliphatic carbocycles. The molecule has 0 saturated carbocycles. The Morgan fingerprint density at radius 3 is 2.62 bits per heavy atom. The lowest BCUT2D eigenvalue weighted by Gasteiger charge is -2.11. The molecule has 1 unspecified atom stereocenters. The van der Waals surface area contributed by atoms with Crippen molar-refractivity contribution in [3.63, 3.8) is 0 Å². The number of anilines is 1. The Kier molecular flexibility index (Phi) is 6.08. The third-order valence-electron chi connectivity index (χ3n) is 3.96. The Morgan fingerprint density at radius 2 is 1.92 bits per heavy atom. The SMILES string of the molecule is O=C(NCC1CCCO1)c1cncc(C(=O)Nc2ccc(Cl)cc2Cl)c1. The van der Waals surface area contributed by atoms with E-state index in [2.05, 4.69) is 15.6 Å². The molecule has 1 saturated heterocycles. The lowest BCUT2D eigenvalue weighted by molar-refractivity contribution is 0.0857. The highest BCUT2D eigenvalue weighted by atomic mass is 35.5. The normalized spacial score (nSPS) is 16.3. The Bertz CT molecular complexity index is 823. The van der Waals surface area contributed by atoms with E-state index in [1.165, 1.54) is 24.5 Å². The first-order chi connectivity index (χ1) is 12.5. The molecule has 2 aromatic rings. The molecule has 8 heteroatoms. The topological polar surface area (TPSA) is 80.3 Å². The van der Waals surface area contributed by atoms with Crippen molar-refractivity contribution < 1.29 is 14.3 Å². The second kappa shape index (κ2) is 8.49. The van der Waals surface area contributed by atoms with Crippen molar-refractivity contribution in [3.8, 4) is 0 Å². The molecular formula is C18H17Cl2N3O3. The van der Waals surface area contributed by atoms with E-state index in [0.29, 0.717) is 27.8 Å². The van der Waals surface area contributed by atoms with Crippen molar-refractivity contribution in [2.45, 2.75) is 18.9 Å². The molecule has 1 aromatic carbocycles. The molecule has 0 radical (unpaired) electrons. The van der Waals surface area contributed by atoms with E-state index in [-0.39, 0.29) is 17.6 Å². The fourth-order valence-corrected chi connectivity index (χ4v) is 3.04. The summed E-state index contributed by atoms with van der Waals surface area (Å²) in [6, 6.07) is 6.24. The highest BCUT2D eigenvalue weighted by Crippen LogP contribution is 2.25. The number of halogens is 2. The van der Waals surface area contributed by atoms with Crippen LogP contribution in [0.1, 0.15) is 33.6 Å². The van der Waals surface area contributed by atoms with Gasteiger partial charge in [0.05, 0.1) is 27.9 Å². The number of nitrogens with one attached hydrogen (secondary N) is 2. The van der Waals surface area contributed by atoms with Crippen LogP contribution < -0.4 is 10.6 Å². The second-order valence-corrected chi connectivity index (χ2v) is 6.73. The molecule has 2 N–H and O–H groups in total. The highest BCUT2D eigenvalue weighted by molar-refractivity contribution is 6.36. The van der Waals surface area contributed by atoms with E-state index >= 15 is 0 Å². The van der Waals surface area contributed by atoms with Gasteiger partial charge in [0, 0.05) is 30.6 Å². The first-order valence-corrected chi connectivity index (χ1v) is 8.90. The zero-order valence-corrected chi connectivity index (χ0v) is 15.3. The Morgan fingerprint density at radius 1 is 1.15 bits per heavy atom. The third-order valence-corrected chi connectivity index (χ3v) is 4.50. The summed E-state index contributed by atoms with van der Waals surface area (Å²) in [5.41, 5.74) is 0.980. The van der Waals surface area contributed by atoms with Gasteiger partial charge < -0.3 is 15.4 Å². The van der Waals surface area contributed by atoms with Gasteiger partial charge in [-0.3, -0.25) is 14.6 Å². The number of aromatic nitrogens is 1. The number of hydrogen-bond donors (Lipinski definition) is 2. The number of rotatable bonds is 5. The van der Waals surface area contributed by atoms with Crippen LogP contribution in [0.4, 0.5) is 5.69 Å². The fraction of sp³-hybridized carbons (Fsp3) is 0.278. The molecule has 1 aromatic heterocycles. The quantitative estimate of drug-likeness (QED) is 0.813. The Balaban J connectivity index is 1.65. The van der Waals surface area contributed by atoms with Gasteiger partial charge in [-0.25, -0.2) is 0 Å². The van der Waals surface area contributed by atoms with Crippen LogP contribution >= 0.6 is 23.2 Å². The van der Waals surface area contributed by atoms with Gasteiger partial charge >= 0.3 is 0 Å². The van der Waals surface area contributed by atoms with Gasteiger partial charge in [0.2, 0.25) is 0 Å². The minimum atomic E-state index is -0.421. The Labute approximate surface area is 160 Å². The van der Waals surface area contributed by atoms with Gasteiger partial charge in [0.1, 0.15) is 0 Å². The summed E-state index contributed by atoms with van der Waals surface area (Å²) in [6.07, 6.45) is 4.78. The predicted molar refractivity (Wildman–Crippen MR) is 100.0 cm³/mol. The first-order valence-electron chi connectivity index (χ1n) is 8.14. The maximum atomic E-state index is 12.4. The number of ether oxygens (including phenoxy) is 1. The van der Waals surface area contributed by atoms with E-state index in [9.17, 15) is 9.59 Å². The summed E-state index contributed by atoms with van der Waals surface area (Å²) >= 11 is 11.9. The monoisotopic (exact) mass is 393 g/mol. The standard InChI is InChI=1S/C18H17Cl2N3O3/c19-13-3-4-16(15(20)7-13)23-18(25)12-6-11(8-21-9-12)17(24)22-10-14-2-1-5-26-14/h3-4,6-9,14H,1-2,5,10H2,(H,22,24)(H,23,25). The highest BCUT2D eigenvalue weighted by Gasteiger charge is 2.18. The van der Waals surface area contributed by atoms with Gasteiger partial charge in [-0.15, -0.1) is 0 Å². The second-order valence-electron chi connectivity index (χ2n) is 5.89. The summed E-state index contributed by atoms with van der Waals surface area (Å²) in [5.74, 6) is -0.720. The van der Waals surface area contributed by atoms with Crippen molar-refractivity contribution in [1.82, 2.24) is 10.3 Å². The largest absolute Gasteiger partial charge is 0.376 e. The molecule has 1 aliphatic rings. The molecule has 26 heavy (non-hydrogen) atoms. The van der Waals surface area contributed by atoms with E-state index in [4.69, 9.17) is 27.9 Å². The van der Waals surface area contributed by atoms with Crippen LogP contribution in [0.5, 0.6) is 0 Å². The van der Waals surface area contributed by atoms with Crippen LogP contribution in [-0.4, -0.2) is 36.1 Å². The predicted octanol–water partition coefficient (Wildman–Crippen LogP) is 3.55. The van der Waals surface area contributed by atoms with Crippen LogP contribution in [0.2, 0.25) is 10.0 Å². The van der Waals surface area contributed by atoms with Crippen molar-refractivity contribution in [2.75, 3.05) is 18.5 Å². The van der Waals surface area contributed by atoms with Gasteiger partial charge in [0.25, 0.3) is 11.8 Å². The molecule has 0 bridgehead atoms. The molecule has 1 aliphatic heterocycles. The Hall–Kier alpha value is -2.15. The number of hydrogen-bond acceptors (Lipinski definition) is 4. The molecule has 1 fully saturated rings. The molecule has 1 atom stereocenters. The van der Waals surface area contributed by atoms with E-state index in [1.54, 1.807) is 12.1 Å². The van der Waals surface area contributed by atoms with Crippen LogP contribution in [0.3, 0.4) is 0 Å². The van der Waals surface area contributed by atoms with Crippen molar-refractivity contribution in [2.24, 2.45) is 0 Å².